The van der Waals surface area contributed by atoms with E-state index in [1.807, 2.05) is 0 Å². The van der Waals surface area contributed by atoms with Crippen LogP contribution in [-0.2, 0) is 15.8 Å². The molecule has 0 radical (unpaired) electrons. The van der Waals surface area contributed by atoms with Gasteiger partial charge in [-0.3, -0.25) is 14.4 Å². The standard InChI is InChI=1S/C33H22Cl2F7N3O3S/c1-2-23(32(48)45-29-27(38)25(36)24(33(40,41)42)26(37)28(29)39)49-20-10-6-9-19(15-20)43-31(47)22(13-17-11-12-18(34)14-21(17)35)44-30(46)16-7-4-3-5-8-16/h3-15,23H,2H2,1H3,(H,43,47)(H,44,46)(H,45,48)/b22-13+. The number of amides is 3. The van der Waals surface area contributed by atoms with Crippen molar-refractivity contribution in [1.82, 2.24) is 5.32 Å². The molecule has 0 saturated carbocycles. The molecule has 4 aromatic carbocycles. The molecule has 3 amide bonds. The van der Waals surface area contributed by atoms with Crippen molar-refractivity contribution in [3.8, 4) is 0 Å². The highest BCUT2D eigenvalue weighted by atomic mass is 35.5. The topological polar surface area (TPSA) is 87.3 Å². The molecular formula is C33H22Cl2F7N3O3S. The third kappa shape index (κ3) is 9.13. The third-order valence-corrected chi connectivity index (χ3v) is 8.54. The maximum Gasteiger partial charge on any atom is 0.422 e. The van der Waals surface area contributed by atoms with Crippen LogP contribution < -0.4 is 16.0 Å². The molecule has 0 aliphatic carbocycles. The van der Waals surface area contributed by atoms with Crippen LogP contribution in [0.25, 0.3) is 6.08 Å². The number of rotatable bonds is 10. The maximum absolute atomic E-state index is 14.4. The fraction of sp³-hybridized carbons (Fsp3) is 0.121. The lowest BCUT2D eigenvalue weighted by Gasteiger charge is -2.18. The molecule has 4 aromatic rings. The minimum atomic E-state index is -5.74. The number of thioether (sulfide) groups is 1. The van der Waals surface area contributed by atoms with E-state index >= 15 is 0 Å². The summed E-state index contributed by atoms with van der Waals surface area (Å²) in [6.45, 7) is 1.50. The van der Waals surface area contributed by atoms with E-state index in [0.717, 1.165) is 11.8 Å². The summed E-state index contributed by atoms with van der Waals surface area (Å²) in [5, 5.41) is 6.16. The lowest BCUT2D eigenvalue weighted by Crippen LogP contribution is -2.30. The summed E-state index contributed by atoms with van der Waals surface area (Å²) in [5.41, 5.74) is -3.91. The van der Waals surface area contributed by atoms with Crippen molar-refractivity contribution in [2.24, 2.45) is 0 Å². The molecule has 256 valence electrons. The molecule has 6 nitrogen and oxygen atoms in total. The van der Waals surface area contributed by atoms with E-state index in [1.54, 1.807) is 23.5 Å². The van der Waals surface area contributed by atoms with Crippen LogP contribution in [0.5, 0.6) is 0 Å². The van der Waals surface area contributed by atoms with Crippen LogP contribution in [0, 0.1) is 23.3 Å². The molecule has 0 aliphatic heterocycles. The van der Waals surface area contributed by atoms with Gasteiger partial charge in [-0.2, -0.15) is 13.2 Å². The largest absolute Gasteiger partial charge is 0.422 e. The summed E-state index contributed by atoms with van der Waals surface area (Å²) in [5.74, 6) is -12.8. The summed E-state index contributed by atoms with van der Waals surface area (Å²) in [6, 6.07) is 18.4. The van der Waals surface area contributed by atoms with Gasteiger partial charge in [-0.1, -0.05) is 60.5 Å². The van der Waals surface area contributed by atoms with Crippen molar-refractivity contribution in [1.29, 1.82) is 0 Å². The first-order valence-corrected chi connectivity index (χ1v) is 15.6. The molecule has 0 saturated heterocycles. The average molecular weight is 745 g/mol. The van der Waals surface area contributed by atoms with Crippen LogP contribution in [-0.4, -0.2) is 23.0 Å². The van der Waals surface area contributed by atoms with E-state index in [2.05, 4.69) is 10.6 Å². The van der Waals surface area contributed by atoms with Crippen molar-refractivity contribution in [3.05, 3.63) is 128 Å². The highest BCUT2D eigenvalue weighted by molar-refractivity contribution is 8.00. The summed E-state index contributed by atoms with van der Waals surface area (Å²) < 4.78 is 95.7. The van der Waals surface area contributed by atoms with Crippen molar-refractivity contribution in [3.63, 3.8) is 0 Å². The number of carbonyl (C=O) groups excluding carboxylic acids is 3. The Labute approximate surface area is 288 Å². The average Bonchev–Trinajstić information content (AvgIpc) is 3.05. The SMILES string of the molecule is CCC(Sc1cccc(NC(=O)/C(=C\c2ccc(Cl)cc2Cl)NC(=O)c2ccccc2)c1)C(=O)Nc1c(F)c(F)c(C(F)(F)F)c(F)c1F. The fourth-order valence-corrected chi connectivity index (χ4v) is 5.72. The molecule has 4 rings (SSSR count). The minimum Gasteiger partial charge on any atom is -0.321 e. The monoisotopic (exact) mass is 743 g/mol. The zero-order valence-electron chi connectivity index (χ0n) is 24.8. The van der Waals surface area contributed by atoms with Gasteiger partial charge in [-0.25, -0.2) is 17.6 Å². The molecule has 0 aromatic heterocycles. The molecule has 0 bridgehead atoms. The van der Waals surface area contributed by atoms with Gasteiger partial charge in [0.2, 0.25) is 5.91 Å². The zero-order chi connectivity index (χ0) is 36.0. The van der Waals surface area contributed by atoms with E-state index in [1.165, 1.54) is 67.6 Å². The number of hydrogen-bond donors (Lipinski definition) is 3. The van der Waals surface area contributed by atoms with Crippen LogP contribution in [0.4, 0.5) is 42.1 Å². The first-order chi connectivity index (χ1) is 23.1. The Morgan fingerprint density at radius 2 is 1.49 bits per heavy atom. The van der Waals surface area contributed by atoms with Crippen molar-refractivity contribution in [2.45, 2.75) is 29.7 Å². The molecule has 0 heterocycles. The van der Waals surface area contributed by atoms with Crippen molar-refractivity contribution in [2.75, 3.05) is 10.6 Å². The molecule has 49 heavy (non-hydrogen) atoms. The Balaban J connectivity index is 1.55. The number of anilines is 2. The maximum atomic E-state index is 14.4. The summed E-state index contributed by atoms with van der Waals surface area (Å²) >= 11 is 13.1. The van der Waals surface area contributed by atoms with E-state index < -0.39 is 63.7 Å². The van der Waals surface area contributed by atoms with Gasteiger partial charge in [0, 0.05) is 26.2 Å². The smallest absolute Gasteiger partial charge is 0.321 e. The van der Waals surface area contributed by atoms with Gasteiger partial charge in [0.25, 0.3) is 11.8 Å². The molecule has 0 spiro atoms. The van der Waals surface area contributed by atoms with E-state index in [-0.39, 0.29) is 28.4 Å². The molecular weight excluding hydrogens is 722 g/mol. The Bertz CT molecular complexity index is 1910. The fourth-order valence-electron chi connectivity index (χ4n) is 4.24. The molecule has 1 atom stereocenters. The first-order valence-electron chi connectivity index (χ1n) is 14.0. The predicted molar refractivity (Wildman–Crippen MR) is 173 cm³/mol. The summed E-state index contributed by atoms with van der Waals surface area (Å²) in [7, 11) is 0. The van der Waals surface area contributed by atoms with Gasteiger partial charge in [-0.15, -0.1) is 11.8 Å². The Hall–Kier alpha value is -4.53. The Kier molecular flexibility index (Phi) is 12.0. The van der Waals surface area contributed by atoms with Crippen molar-refractivity contribution >= 4 is 70.1 Å². The molecule has 0 aliphatic rings. The summed E-state index contributed by atoms with van der Waals surface area (Å²) in [6.07, 6.45) is -4.42. The van der Waals surface area contributed by atoms with E-state index in [4.69, 9.17) is 23.2 Å². The quantitative estimate of drug-likeness (QED) is 0.0654. The Morgan fingerprint density at radius 1 is 0.837 bits per heavy atom. The second-order valence-corrected chi connectivity index (χ2v) is 12.2. The predicted octanol–water partition coefficient (Wildman–Crippen LogP) is 9.49. The second kappa shape index (κ2) is 15.8. The van der Waals surface area contributed by atoms with Crippen LogP contribution in [0.15, 0.2) is 83.4 Å². The highest BCUT2D eigenvalue weighted by Gasteiger charge is 2.42. The lowest BCUT2D eigenvalue weighted by molar-refractivity contribution is -0.143. The molecule has 0 fully saturated rings. The Morgan fingerprint density at radius 3 is 2.08 bits per heavy atom. The van der Waals surface area contributed by atoms with Gasteiger partial charge >= 0.3 is 6.18 Å². The zero-order valence-corrected chi connectivity index (χ0v) is 27.2. The summed E-state index contributed by atoms with van der Waals surface area (Å²) in [4.78, 5) is 39.6. The first kappa shape index (κ1) is 37.3. The molecule has 16 heteroatoms. The highest BCUT2D eigenvalue weighted by Crippen LogP contribution is 2.39. The second-order valence-electron chi connectivity index (χ2n) is 10.0. The molecule has 1 unspecified atom stereocenters. The lowest BCUT2D eigenvalue weighted by atomic mass is 10.1. The van der Waals surface area contributed by atoms with Crippen LogP contribution in [0.2, 0.25) is 10.0 Å². The van der Waals surface area contributed by atoms with Crippen molar-refractivity contribution < 1.29 is 45.1 Å². The number of alkyl halides is 3. The van der Waals surface area contributed by atoms with Crippen LogP contribution in [0.3, 0.4) is 0 Å². The number of hydrogen-bond acceptors (Lipinski definition) is 4. The van der Waals surface area contributed by atoms with Crippen LogP contribution in [0.1, 0.15) is 34.8 Å². The number of benzene rings is 4. The normalized spacial score (nSPS) is 12.3. The minimum absolute atomic E-state index is 0.0117. The van der Waals surface area contributed by atoms with Gasteiger partial charge in [-0.05, 0) is 60.5 Å². The third-order valence-electron chi connectivity index (χ3n) is 6.62. The van der Waals surface area contributed by atoms with Gasteiger partial charge in [0.1, 0.15) is 16.9 Å². The van der Waals surface area contributed by atoms with E-state index in [0.29, 0.717) is 15.5 Å². The van der Waals surface area contributed by atoms with Gasteiger partial charge in [0.15, 0.2) is 23.3 Å². The number of halogens is 9. The number of carbonyl (C=O) groups is 3. The van der Waals surface area contributed by atoms with Crippen LogP contribution >= 0.6 is 35.0 Å². The van der Waals surface area contributed by atoms with Gasteiger partial charge < -0.3 is 16.0 Å². The number of nitrogens with one attached hydrogen (secondary N) is 3. The van der Waals surface area contributed by atoms with E-state index in [9.17, 15) is 45.1 Å². The van der Waals surface area contributed by atoms with Gasteiger partial charge in [0.05, 0.1) is 5.25 Å². The molecule has 3 N–H and O–H groups in total.